The zero-order valence-electron chi connectivity index (χ0n) is 10.4. The quantitative estimate of drug-likeness (QED) is 0.613. The van der Waals surface area contributed by atoms with Crippen LogP contribution in [0.15, 0.2) is 18.2 Å². The second-order valence-corrected chi connectivity index (χ2v) is 5.38. The van der Waals surface area contributed by atoms with Gasteiger partial charge in [0.15, 0.2) is 0 Å². The van der Waals surface area contributed by atoms with Gasteiger partial charge in [0.2, 0.25) is 0 Å². The number of hydrogen-bond acceptors (Lipinski definition) is 0. The van der Waals surface area contributed by atoms with Gasteiger partial charge < -0.3 is 0 Å². The molecule has 1 aromatic carbocycles. The van der Waals surface area contributed by atoms with Crippen molar-refractivity contribution in [3.63, 3.8) is 0 Å². The second-order valence-electron chi connectivity index (χ2n) is 5.38. The van der Waals surface area contributed by atoms with E-state index in [-0.39, 0.29) is 0 Å². The van der Waals surface area contributed by atoms with Gasteiger partial charge in [-0.25, -0.2) is 0 Å². The van der Waals surface area contributed by atoms with Crippen LogP contribution < -0.4 is 0 Å². The molecule has 1 aliphatic rings. The van der Waals surface area contributed by atoms with Gasteiger partial charge in [-0.1, -0.05) is 45.9 Å². The van der Waals surface area contributed by atoms with E-state index in [4.69, 9.17) is 0 Å². The van der Waals surface area contributed by atoms with Crippen LogP contribution in [0.4, 0.5) is 0 Å². The maximum atomic E-state index is 2.39. The van der Waals surface area contributed by atoms with Crippen molar-refractivity contribution >= 4 is 0 Å². The molecular formula is C15H22. The molecule has 0 bridgehead atoms. The number of hydrogen-bond donors (Lipinski definition) is 0. The molecule has 0 N–H and O–H groups in total. The van der Waals surface area contributed by atoms with Crippen LogP contribution in [0.5, 0.6) is 0 Å². The molecule has 15 heavy (non-hydrogen) atoms. The Balaban J connectivity index is 2.56. The summed E-state index contributed by atoms with van der Waals surface area (Å²) in [6.45, 7) is 9.37. The fourth-order valence-corrected chi connectivity index (χ4v) is 2.90. The topological polar surface area (TPSA) is 0 Å². The third-order valence-electron chi connectivity index (χ3n) is 3.85. The summed E-state index contributed by atoms with van der Waals surface area (Å²) in [5.74, 6) is 2.18. The van der Waals surface area contributed by atoms with E-state index in [0.717, 1.165) is 11.8 Å². The lowest BCUT2D eigenvalue weighted by molar-refractivity contribution is 0.520. The molecule has 2 unspecified atom stereocenters. The zero-order valence-corrected chi connectivity index (χ0v) is 10.4. The van der Waals surface area contributed by atoms with Crippen LogP contribution in [0.2, 0.25) is 0 Å². The summed E-state index contributed by atoms with van der Waals surface area (Å²) in [6, 6.07) is 6.89. The van der Waals surface area contributed by atoms with Crippen molar-refractivity contribution in [2.45, 2.75) is 58.3 Å². The van der Waals surface area contributed by atoms with Crippen molar-refractivity contribution in [3.05, 3.63) is 34.9 Å². The highest BCUT2D eigenvalue weighted by Crippen LogP contribution is 2.41. The minimum Gasteiger partial charge on any atom is -0.0617 e. The number of benzene rings is 1. The predicted octanol–water partition coefficient (Wildman–Crippen LogP) is 4.81. The van der Waals surface area contributed by atoms with Crippen LogP contribution in [0.25, 0.3) is 0 Å². The van der Waals surface area contributed by atoms with Gasteiger partial charge in [-0.15, -0.1) is 0 Å². The van der Waals surface area contributed by atoms with Crippen LogP contribution in [0, 0.1) is 0 Å². The normalized spacial score (nSPS) is 25.4. The first kappa shape index (κ1) is 10.7. The lowest BCUT2D eigenvalue weighted by Crippen LogP contribution is -2.13. The van der Waals surface area contributed by atoms with Crippen molar-refractivity contribution in [2.75, 3.05) is 0 Å². The minimum absolute atomic E-state index is 0.660. The summed E-state index contributed by atoms with van der Waals surface area (Å²) < 4.78 is 0. The molecule has 82 valence electrons. The van der Waals surface area contributed by atoms with Crippen LogP contribution >= 0.6 is 0 Å². The molecule has 0 heteroatoms. The zero-order chi connectivity index (χ0) is 11.0. The first-order valence-corrected chi connectivity index (χ1v) is 6.24. The van der Waals surface area contributed by atoms with Crippen molar-refractivity contribution in [2.24, 2.45) is 0 Å². The average molecular weight is 202 g/mol. The summed E-state index contributed by atoms with van der Waals surface area (Å²) in [6.07, 6.45) is 2.72. The third-order valence-corrected chi connectivity index (χ3v) is 3.85. The Kier molecular flexibility index (Phi) is 2.86. The van der Waals surface area contributed by atoms with E-state index in [1.807, 2.05) is 0 Å². The molecule has 1 aliphatic carbocycles. The van der Waals surface area contributed by atoms with E-state index in [1.54, 1.807) is 16.7 Å². The molecular weight excluding hydrogens is 180 g/mol. The molecule has 0 spiro atoms. The average Bonchev–Trinajstić information content (AvgIpc) is 2.23. The predicted molar refractivity (Wildman–Crippen MR) is 66.6 cm³/mol. The molecule has 0 heterocycles. The Morgan fingerprint density at radius 2 is 1.73 bits per heavy atom. The van der Waals surface area contributed by atoms with Crippen LogP contribution in [-0.4, -0.2) is 0 Å². The molecule has 0 fully saturated rings. The second kappa shape index (κ2) is 4.00. The standard InChI is InChI=1S/C15H22/c1-10(2)13-6-5-7-14-11(3)8-9-12(4)15(13)14/h5-7,10-12H,8-9H2,1-4H3. The Hall–Kier alpha value is -0.780. The van der Waals surface area contributed by atoms with E-state index >= 15 is 0 Å². The largest absolute Gasteiger partial charge is 0.0617 e. The van der Waals surface area contributed by atoms with Gasteiger partial charge in [0.25, 0.3) is 0 Å². The summed E-state index contributed by atoms with van der Waals surface area (Å²) >= 11 is 0. The smallest absolute Gasteiger partial charge is 0.0185 e. The van der Waals surface area contributed by atoms with E-state index in [0.29, 0.717) is 5.92 Å². The molecule has 2 atom stereocenters. The molecule has 0 saturated heterocycles. The molecule has 1 aromatic rings. The first-order chi connectivity index (χ1) is 7.11. The summed E-state index contributed by atoms with van der Waals surface area (Å²) in [5.41, 5.74) is 4.85. The Bertz CT molecular complexity index is 335. The summed E-state index contributed by atoms with van der Waals surface area (Å²) in [4.78, 5) is 0. The lowest BCUT2D eigenvalue weighted by atomic mass is 9.74. The molecule has 0 aromatic heterocycles. The minimum atomic E-state index is 0.660. The van der Waals surface area contributed by atoms with Crippen LogP contribution in [0.3, 0.4) is 0 Å². The van der Waals surface area contributed by atoms with Crippen LogP contribution in [-0.2, 0) is 0 Å². The Labute approximate surface area is 93.7 Å². The molecule has 2 rings (SSSR count). The van der Waals surface area contributed by atoms with Crippen molar-refractivity contribution < 1.29 is 0 Å². The Morgan fingerprint density at radius 1 is 1.07 bits per heavy atom. The monoisotopic (exact) mass is 202 g/mol. The SMILES string of the molecule is CC(C)c1cccc2c1C(C)CCC2C. The van der Waals surface area contributed by atoms with Gasteiger partial charge in [-0.05, 0) is 47.3 Å². The Morgan fingerprint density at radius 3 is 2.40 bits per heavy atom. The highest BCUT2D eigenvalue weighted by atomic mass is 14.3. The van der Waals surface area contributed by atoms with Crippen molar-refractivity contribution in [1.29, 1.82) is 0 Å². The van der Waals surface area contributed by atoms with Gasteiger partial charge in [0, 0.05) is 0 Å². The lowest BCUT2D eigenvalue weighted by Gasteiger charge is -2.30. The summed E-state index contributed by atoms with van der Waals surface area (Å²) in [5, 5.41) is 0. The summed E-state index contributed by atoms with van der Waals surface area (Å²) in [7, 11) is 0. The fourth-order valence-electron chi connectivity index (χ4n) is 2.90. The van der Waals surface area contributed by atoms with Gasteiger partial charge in [0.05, 0.1) is 0 Å². The fraction of sp³-hybridized carbons (Fsp3) is 0.600. The number of rotatable bonds is 1. The van der Waals surface area contributed by atoms with E-state index < -0.39 is 0 Å². The molecule has 0 saturated carbocycles. The maximum Gasteiger partial charge on any atom is -0.0185 e. The highest BCUT2D eigenvalue weighted by Gasteiger charge is 2.24. The molecule has 0 aliphatic heterocycles. The number of fused-ring (bicyclic) bond motifs is 1. The third kappa shape index (κ3) is 1.82. The molecule has 0 amide bonds. The van der Waals surface area contributed by atoms with Crippen molar-refractivity contribution in [3.8, 4) is 0 Å². The maximum absolute atomic E-state index is 2.39. The van der Waals surface area contributed by atoms with Gasteiger partial charge in [-0.3, -0.25) is 0 Å². The first-order valence-electron chi connectivity index (χ1n) is 6.24. The van der Waals surface area contributed by atoms with Gasteiger partial charge >= 0.3 is 0 Å². The van der Waals surface area contributed by atoms with E-state index in [2.05, 4.69) is 45.9 Å². The van der Waals surface area contributed by atoms with E-state index in [9.17, 15) is 0 Å². The van der Waals surface area contributed by atoms with Crippen LogP contribution in [0.1, 0.15) is 75.0 Å². The van der Waals surface area contributed by atoms with Crippen molar-refractivity contribution in [1.82, 2.24) is 0 Å². The van der Waals surface area contributed by atoms with Gasteiger partial charge in [0.1, 0.15) is 0 Å². The highest BCUT2D eigenvalue weighted by molar-refractivity contribution is 5.42. The van der Waals surface area contributed by atoms with E-state index in [1.165, 1.54) is 12.8 Å². The molecule has 0 radical (unpaired) electrons. The van der Waals surface area contributed by atoms with Gasteiger partial charge in [-0.2, -0.15) is 0 Å². The molecule has 0 nitrogen and oxygen atoms in total.